The first-order chi connectivity index (χ1) is 9.40. The van der Waals surface area contributed by atoms with E-state index in [1.54, 1.807) is 0 Å². The van der Waals surface area contributed by atoms with Crippen LogP contribution < -0.4 is 0 Å². The van der Waals surface area contributed by atoms with Crippen LogP contribution in [0.1, 0.15) is 73.1 Å². The quantitative estimate of drug-likeness (QED) is 0.601. The number of ether oxygens (including phenoxy) is 1. The molecule has 0 N–H and O–H groups in total. The molecule has 1 aliphatic rings. The number of rotatable bonds is 7. The van der Waals surface area contributed by atoms with Gasteiger partial charge in [-0.05, 0) is 49.4 Å². The minimum Gasteiger partial charge on any atom is -0.377 e. The van der Waals surface area contributed by atoms with Crippen molar-refractivity contribution in [1.82, 2.24) is 0 Å². The maximum Gasteiger partial charge on any atom is 0.0736 e. The van der Waals surface area contributed by atoms with E-state index in [1.807, 2.05) is 0 Å². The summed E-state index contributed by atoms with van der Waals surface area (Å²) < 4.78 is 6.08. The van der Waals surface area contributed by atoms with E-state index in [1.165, 1.54) is 19.3 Å². The van der Waals surface area contributed by atoms with E-state index in [4.69, 9.17) is 4.74 Å². The van der Waals surface area contributed by atoms with Crippen LogP contribution >= 0.6 is 0 Å². The Morgan fingerprint density at radius 3 is 2.55 bits per heavy atom. The van der Waals surface area contributed by atoms with Crippen molar-refractivity contribution in [3.8, 4) is 6.07 Å². The van der Waals surface area contributed by atoms with Gasteiger partial charge < -0.3 is 4.74 Å². The molecular weight excluding hydrogens is 246 g/mol. The van der Waals surface area contributed by atoms with Crippen molar-refractivity contribution in [2.24, 2.45) is 23.2 Å². The molecule has 0 aliphatic heterocycles. The van der Waals surface area contributed by atoms with Crippen LogP contribution in [-0.4, -0.2) is 12.7 Å². The molecule has 0 radical (unpaired) electrons. The number of hydrogen-bond acceptors (Lipinski definition) is 2. The van der Waals surface area contributed by atoms with Crippen LogP contribution in [0.15, 0.2) is 0 Å². The molecule has 2 nitrogen and oxygen atoms in total. The van der Waals surface area contributed by atoms with Crippen molar-refractivity contribution in [2.75, 3.05) is 6.61 Å². The van der Waals surface area contributed by atoms with Crippen molar-refractivity contribution in [3.05, 3.63) is 0 Å². The SMILES string of the molecule is CCC(C)(C)C1CCC(C#N)C(OCCCC(C)C)C1. The van der Waals surface area contributed by atoms with Crippen molar-refractivity contribution in [3.63, 3.8) is 0 Å². The van der Waals surface area contributed by atoms with Gasteiger partial charge >= 0.3 is 0 Å². The van der Waals surface area contributed by atoms with Crippen molar-refractivity contribution >= 4 is 0 Å². The van der Waals surface area contributed by atoms with Crippen LogP contribution in [0.2, 0.25) is 0 Å². The molecule has 3 atom stereocenters. The Labute approximate surface area is 125 Å². The fraction of sp³-hybridized carbons (Fsp3) is 0.944. The van der Waals surface area contributed by atoms with Crippen LogP contribution in [0.25, 0.3) is 0 Å². The van der Waals surface area contributed by atoms with Crippen LogP contribution in [0.4, 0.5) is 0 Å². The average molecular weight is 279 g/mol. The molecule has 0 aromatic rings. The van der Waals surface area contributed by atoms with Gasteiger partial charge in [0.1, 0.15) is 0 Å². The average Bonchev–Trinajstić information content (AvgIpc) is 2.43. The standard InChI is InChI=1S/C18H33NO/c1-6-18(4,5)16-10-9-15(13-19)17(12-16)20-11-7-8-14(2)3/h14-17H,6-12H2,1-5H3. The normalized spacial score (nSPS) is 27.6. The van der Waals surface area contributed by atoms with E-state index in [9.17, 15) is 5.26 Å². The molecule has 0 bridgehead atoms. The lowest BCUT2D eigenvalue weighted by molar-refractivity contribution is -0.0328. The Morgan fingerprint density at radius 2 is 2.00 bits per heavy atom. The number of nitriles is 1. The third kappa shape index (κ3) is 5.09. The molecule has 20 heavy (non-hydrogen) atoms. The Morgan fingerprint density at radius 1 is 1.30 bits per heavy atom. The lowest BCUT2D eigenvalue weighted by Gasteiger charge is -2.41. The highest BCUT2D eigenvalue weighted by Gasteiger charge is 2.37. The minimum atomic E-state index is 0.109. The lowest BCUT2D eigenvalue weighted by Crippen LogP contribution is -2.37. The summed E-state index contributed by atoms with van der Waals surface area (Å²) in [6.45, 7) is 12.3. The Bertz CT molecular complexity index is 316. The molecule has 2 heteroatoms. The van der Waals surface area contributed by atoms with Crippen molar-refractivity contribution in [2.45, 2.75) is 79.2 Å². The second-order valence-corrected chi connectivity index (χ2v) is 7.53. The monoisotopic (exact) mass is 279 g/mol. The highest BCUT2D eigenvalue weighted by atomic mass is 16.5. The zero-order valence-corrected chi connectivity index (χ0v) is 14.1. The fourth-order valence-electron chi connectivity index (χ4n) is 3.19. The van der Waals surface area contributed by atoms with Crippen molar-refractivity contribution in [1.29, 1.82) is 5.26 Å². The van der Waals surface area contributed by atoms with Crippen molar-refractivity contribution < 1.29 is 4.74 Å². The lowest BCUT2D eigenvalue weighted by atomic mass is 9.67. The first-order valence-electron chi connectivity index (χ1n) is 8.42. The molecule has 1 rings (SSSR count). The summed E-state index contributed by atoms with van der Waals surface area (Å²) in [5.41, 5.74) is 0.375. The van der Waals surface area contributed by atoms with Crippen LogP contribution in [0.5, 0.6) is 0 Å². The van der Waals surface area contributed by atoms with Crippen LogP contribution in [0.3, 0.4) is 0 Å². The molecular formula is C18H33NO. The van der Waals surface area contributed by atoms with Gasteiger partial charge in [0.15, 0.2) is 0 Å². The van der Waals surface area contributed by atoms with Gasteiger partial charge in [0.05, 0.1) is 18.1 Å². The highest BCUT2D eigenvalue weighted by Crippen LogP contribution is 2.42. The molecule has 0 heterocycles. The maximum absolute atomic E-state index is 9.32. The molecule has 0 aromatic heterocycles. The highest BCUT2D eigenvalue weighted by molar-refractivity contribution is 4.96. The van der Waals surface area contributed by atoms with E-state index in [0.717, 1.165) is 31.8 Å². The van der Waals surface area contributed by atoms with E-state index < -0.39 is 0 Å². The van der Waals surface area contributed by atoms with Gasteiger partial charge in [-0.2, -0.15) is 5.26 Å². The summed E-state index contributed by atoms with van der Waals surface area (Å²) in [4.78, 5) is 0. The molecule has 1 aliphatic carbocycles. The number of hydrogen-bond donors (Lipinski definition) is 0. The second kappa shape index (κ2) is 8.03. The first-order valence-corrected chi connectivity index (χ1v) is 8.42. The smallest absolute Gasteiger partial charge is 0.0736 e. The second-order valence-electron chi connectivity index (χ2n) is 7.53. The summed E-state index contributed by atoms with van der Waals surface area (Å²) in [5, 5.41) is 9.32. The van der Waals surface area contributed by atoms with Crippen LogP contribution in [0, 0.1) is 34.5 Å². The molecule has 116 valence electrons. The molecule has 0 spiro atoms. The zero-order valence-electron chi connectivity index (χ0n) is 14.1. The van der Waals surface area contributed by atoms with E-state index in [0.29, 0.717) is 11.3 Å². The molecule has 0 saturated heterocycles. The summed E-state index contributed by atoms with van der Waals surface area (Å²) >= 11 is 0. The molecule has 3 unspecified atom stereocenters. The largest absolute Gasteiger partial charge is 0.377 e. The van der Waals surface area contributed by atoms with E-state index >= 15 is 0 Å². The summed E-state index contributed by atoms with van der Waals surface area (Å²) in [6, 6.07) is 2.47. The third-order valence-corrected chi connectivity index (χ3v) is 5.23. The molecule has 1 fully saturated rings. The number of nitrogens with zero attached hydrogens (tertiary/aromatic N) is 1. The van der Waals surface area contributed by atoms with Gasteiger partial charge in [-0.25, -0.2) is 0 Å². The summed E-state index contributed by atoms with van der Waals surface area (Å²) in [7, 11) is 0. The Hall–Kier alpha value is -0.550. The van der Waals surface area contributed by atoms with E-state index in [2.05, 4.69) is 40.7 Å². The maximum atomic E-state index is 9.32. The fourth-order valence-corrected chi connectivity index (χ4v) is 3.19. The molecule has 0 amide bonds. The Balaban J connectivity index is 2.49. The third-order valence-electron chi connectivity index (χ3n) is 5.23. The molecule has 1 saturated carbocycles. The van der Waals surface area contributed by atoms with Crippen LogP contribution in [-0.2, 0) is 4.74 Å². The van der Waals surface area contributed by atoms with Gasteiger partial charge in [0, 0.05) is 6.61 Å². The zero-order chi connectivity index (χ0) is 15.2. The van der Waals surface area contributed by atoms with Gasteiger partial charge in [-0.3, -0.25) is 0 Å². The predicted octanol–water partition coefficient (Wildman–Crippen LogP) is 5.18. The summed E-state index contributed by atoms with van der Waals surface area (Å²) in [5.74, 6) is 1.55. The Kier molecular flexibility index (Phi) is 7.03. The van der Waals surface area contributed by atoms with Gasteiger partial charge in [0.25, 0.3) is 0 Å². The minimum absolute atomic E-state index is 0.109. The summed E-state index contributed by atoms with van der Waals surface area (Å²) in [6.07, 6.45) is 6.97. The predicted molar refractivity (Wildman–Crippen MR) is 84.3 cm³/mol. The molecule has 0 aromatic carbocycles. The van der Waals surface area contributed by atoms with Gasteiger partial charge in [-0.15, -0.1) is 0 Å². The van der Waals surface area contributed by atoms with Gasteiger partial charge in [0.2, 0.25) is 0 Å². The van der Waals surface area contributed by atoms with Gasteiger partial charge in [-0.1, -0.05) is 41.0 Å². The van der Waals surface area contributed by atoms with E-state index in [-0.39, 0.29) is 12.0 Å². The first kappa shape index (κ1) is 17.5. The topological polar surface area (TPSA) is 33.0 Å².